The van der Waals surface area contributed by atoms with Gasteiger partial charge >= 0.3 is 0 Å². The van der Waals surface area contributed by atoms with Gasteiger partial charge in [0.2, 0.25) is 0 Å². The van der Waals surface area contributed by atoms with E-state index in [2.05, 4.69) is 19.9 Å². The van der Waals surface area contributed by atoms with Crippen molar-refractivity contribution in [2.24, 2.45) is 5.84 Å². The molecule has 7 heteroatoms. The summed E-state index contributed by atoms with van der Waals surface area (Å²) >= 11 is 1.30. The first kappa shape index (κ1) is 12.7. The van der Waals surface area contributed by atoms with E-state index in [1.165, 1.54) is 11.5 Å². The second kappa shape index (κ2) is 6.25. The summed E-state index contributed by atoms with van der Waals surface area (Å²) in [5.41, 5.74) is 3.57. The Hall–Kier alpha value is -0.760. The van der Waals surface area contributed by atoms with E-state index in [1.807, 2.05) is 6.92 Å². The second-order valence-corrected chi connectivity index (χ2v) is 4.88. The summed E-state index contributed by atoms with van der Waals surface area (Å²) in [6, 6.07) is 0. The molecule has 0 aromatic carbocycles. The van der Waals surface area contributed by atoms with Crippen molar-refractivity contribution < 1.29 is 4.74 Å². The molecule has 1 aliphatic heterocycles. The number of rotatable bonds is 5. The highest BCUT2D eigenvalue weighted by Crippen LogP contribution is 2.20. The Morgan fingerprint density at radius 3 is 2.94 bits per heavy atom. The predicted molar refractivity (Wildman–Crippen MR) is 67.6 cm³/mol. The number of nitrogens with one attached hydrogen (secondary N) is 1. The number of ether oxygens (including phenoxy) is 1. The van der Waals surface area contributed by atoms with E-state index in [0.29, 0.717) is 6.10 Å². The number of piperidine rings is 1. The number of nitrogens with two attached hydrogens (primary N) is 1. The summed E-state index contributed by atoms with van der Waals surface area (Å²) in [5.74, 6) is 5.40. The van der Waals surface area contributed by atoms with Crippen molar-refractivity contribution in [3.63, 3.8) is 0 Å². The first-order valence-corrected chi connectivity index (χ1v) is 6.72. The fraction of sp³-hybridized carbons (Fsp3) is 0.800. The van der Waals surface area contributed by atoms with E-state index >= 15 is 0 Å². The molecule has 2 rings (SSSR count). The molecule has 1 aromatic heterocycles. The van der Waals surface area contributed by atoms with Gasteiger partial charge in [0, 0.05) is 37.8 Å². The van der Waals surface area contributed by atoms with Crippen molar-refractivity contribution in [1.82, 2.24) is 14.5 Å². The number of hydrogen-bond donors (Lipinski definition) is 2. The molecular formula is C10H19N5OS. The number of nitrogen functional groups attached to an aromatic ring is 1. The van der Waals surface area contributed by atoms with Crippen LogP contribution < -0.4 is 11.3 Å². The van der Waals surface area contributed by atoms with Gasteiger partial charge in [-0.05, 0) is 19.8 Å². The van der Waals surface area contributed by atoms with Crippen LogP contribution in [0, 0.1) is 0 Å². The maximum Gasteiger partial charge on any atom is 0.148 e. The van der Waals surface area contributed by atoms with E-state index < -0.39 is 0 Å². The van der Waals surface area contributed by atoms with Crippen LogP contribution in [0.5, 0.6) is 0 Å². The van der Waals surface area contributed by atoms with Crippen LogP contribution in [-0.2, 0) is 11.3 Å². The lowest BCUT2D eigenvalue weighted by atomic mass is 10.1. The fourth-order valence-corrected chi connectivity index (χ4v) is 2.59. The molecule has 0 unspecified atom stereocenters. The number of anilines is 1. The fourth-order valence-electron chi connectivity index (χ4n) is 2.10. The third-order valence-electron chi connectivity index (χ3n) is 3.00. The number of likely N-dealkylation sites (tertiary alicyclic amines) is 1. The zero-order chi connectivity index (χ0) is 12.1. The monoisotopic (exact) mass is 257 g/mol. The Morgan fingerprint density at radius 1 is 1.53 bits per heavy atom. The summed E-state index contributed by atoms with van der Waals surface area (Å²) < 4.78 is 9.53. The van der Waals surface area contributed by atoms with Gasteiger partial charge in [0.1, 0.15) is 10.7 Å². The Morgan fingerprint density at radius 2 is 2.29 bits per heavy atom. The smallest absolute Gasteiger partial charge is 0.148 e. The third kappa shape index (κ3) is 3.35. The van der Waals surface area contributed by atoms with E-state index in [1.54, 1.807) is 0 Å². The maximum atomic E-state index is 5.63. The average molecular weight is 257 g/mol. The van der Waals surface area contributed by atoms with Crippen LogP contribution in [0.1, 0.15) is 25.5 Å². The van der Waals surface area contributed by atoms with Gasteiger partial charge in [-0.2, -0.15) is 0 Å². The molecule has 1 fully saturated rings. The minimum absolute atomic E-state index is 0.428. The molecule has 0 atom stereocenters. The minimum atomic E-state index is 0.428. The van der Waals surface area contributed by atoms with Crippen molar-refractivity contribution in [1.29, 1.82) is 0 Å². The third-order valence-corrected chi connectivity index (χ3v) is 3.70. The van der Waals surface area contributed by atoms with Gasteiger partial charge in [0.05, 0.1) is 6.10 Å². The van der Waals surface area contributed by atoms with Gasteiger partial charge < -0.3 is 10.2 Å². The Kier molecular flexibility index (Phi) is 4.66. The topological polar surface area (TPSA) is 76.3 Å². The van der Waals surface area contributed by atoms with Crippen LogP contribution in [0.25, 0.3) is 0 Å². The molecular weight excluding hydrogens is 238 g/mol. The van der Waals surface area contributed by atoms with Gasteiger partial charge in [-0.1, -0.05) is 4.49 Å². The molecule has 17 heavy (non-hydrogen) atoms. The Labute approximate surface area is 105 Å². The van der Waals surface area contributed by atoms with Crippen LogP contribution >= 0.6 is 11.5 Å². The zero-order valence-corrected chi connectivity index (χ0v) is 10.9. The lowest BCUT2D eigenvalue weighted by molar-refractivity contribution is 0.0123. The molecule has 0 aliphatic carbocycles. The largest absolute Gasteiger partial charge is 0.378 e. The molecule has 1 saturated heterocycles. The van der Waals surface area contributed by atoms with Gasteiger partial charge in [-0.3, -0.25) is 4.90 Å². The van der Waals surface area contributed by atoms with Crippen molar-refractivity contribution >= 4 is 16.5 Å². The van der Waals surface area contributed by atoms with E-state index in [4.69, 9.17) is 10.6 Å². The molecule has 0 spiro atoms. The van der Waals surface area contributed by atoms with Crippen LogP contribution in [0.3, 0.4) is 0 Å². The molecule has 1 aliphatic rings. The van der Waals surface area contributed by atoms with E-state index in [-0.39, 0.29) is 0 Å². The van der Waals surface area contributed by atoms with Crippen LogP contribution in [-0.4, -0.2) is 40.3 Å². The maximum absolute atomic E-state index is 5.63. The second-order valence-electron chi connectivity index (χ2n) is 4.12. The van der Waals surface area contributed by atoms with E-state index in [0.717, 1.165) is 49.8 Å². The van der Waals surface area contributed by atoms with Gasteiger partial charge in [-0.15, -0.1) is 5.10 Å². The number of hydrazine groups is 1. The highest BCUT2D eigenvalue weighted by molar-refractivity contribution is 7.10. The molecule has 0 radical (unpaired) electrons. The molecule has 0 saturated carbocycles. The molecule has 2 heterocycles. The zero-order valence-electron chi connectivity index (χ0n) is 10.1. The molecule has 3 N–H and O–H groups in total. The molecule has 6 nitrogen and oxygen atoms in total. The first-order chi connectivity index (χ1) is 8.33. The van der Waals surface area contributed by atoms with Crippen LogP contribution in [0.4, 0.5) is 5.00 Å². The molecule has 1 aromatic rings. The number of hydrogen-bond acceptors (Lipinski definition) is 7. The quantitative estimate of drug-likeness (QED) is 0.601. The Bertz CT molecular complexity index is 337. The lowest BCUT2D eigenvalue weighted by Crippen LogP contribution is -2.36. The van der Waals surface area contributed by atoms with Crippen molar-refractivity contribution in [2.45, 2.75) is 32.4 Å². The van der Waals surface area contributed by atoms with Crippen molar-refractivity contribution in [3.8, 4) is 0 Å². The number of aromatic nitrogens is 2. The normalized spacial score (nSPS) is 18.5. The lowest BCUT2D eigenvalue weighted by Gasteiger charge is -2.31. The predicted octanol–water partition coefficient (Wildman–Crippen LogP) is 0.825. The van der Waals surface area contributed by atoms with Crippen molar-refractivity contribution in [3.05, 3.63) is 5.69 Å². The first-order valence-electron chi connectivity index (χ1n) is 5.95. The van der Waals surface area contributed by atoms with Crippen LogP contribution in [0.2, 0.25) is 0 Å². The summed E-state index contributed by atoms with van der Waals surface area (Å²) in [7, 11) is 0. The summed E-state index contributed by atoms with van der Waals surface area (Å²) in [6.07, 6.45) is 2.62. The van der Waals surface area contributed by atoms with Gasteiger partial charge in [0.25, 0.3) is 0 Å². The summed E-state index contributed by atoms with van der Waals surface area (Å²) in [4.78, 5) is 2.37. The van der Waals surface area contributed by atoms with Crippen molar-refractivity contribution in [2.75, 3.05) is 25.1 Å². The van der Waals surface area contributed by atoms with E-state index in [9.17, 15) is 0 Å². The molecule has 0 bridgehead atoms. The minimum Gasteiger partial charge on any atom is -0.378 e. The summed E-state index contributed by atoms with van der Waals surface area (Å²) in [6.45, 7) is 5.77. The van der Waals surface area contributed by atoms with Gasteiger partial charge in [0.15, 0.2) is 0 Å². The Balaban J connectivity index is 1.82. The molecule has 96 valence electrons. The summed E-state index contributed by atoms with van der Waals surface area (Å²) in [5, 5.41) is 4.95. The highest BCUT2D eigenvalue weighted by Gasteiger charge is 2.20. The standard InChI is InChI=1S/C10H19N5OS/c1-2-16-8-3-5-15(6-4-8)7-9-10(12-11)17-14-13-9/h8,12H,2-7,11H2,1H3. The molecule has 0 amide bonds. The number of nitrogens with zero attached hydrogens (tertiary/aromatic N) is 3. The highest BCUT2D eigenvalue weighted by atomic mass is 32.1. The SMILES string of the molecule is CCOC1CCN(Cc2nnsc2NN)CC1. The van der Waals surface area contributed by atoms with Gasteiger partial charge in [-0.25, -0.2) is 5.84 Å². The van der Waals surface area contributed by atoms with Crippen LogP contribution in [0.15, 0.2) is 0 Å². The average Bonchev–Trinajstić information content (AvgIpc) is 2.79.